The first-order valence-corrected chi connectivity index (χ1v) is 7.09. The molecule has 3 rings (SSSR count). The Hall–Kier alpha value is -1.13. The molecule has 3 nitrogen and oxygen atoms in total. The number of nitrogens with zero attached hydrogens (tertiary/aromatic N) is 2. The molecule has 0 bridgehead atoms. The summed E-state index contributed by atoms with van der Waals surface area (Å²) < 4.78 is 3.34. The molecule has 4 heteroatoms. The van der Waals surface area contributed by atoms with Gasteiger partial charge in [0.2, 0.25) is 0 Å². The van der Waals surface area contributed by atoms with Crippen molar-refractivity contribution in [1.29, 1.82) is 0 Å². The molecule has 1 aliphatic rings. The molecule has 0 aliphatic carbocycles. The van der Waals surface area contributed by atoms with Crippen LogP contribution in [0.1, 0.15) is 36.1 Å². The number of rotatable bonds is 2. The van der Waals surface area contributed by atoms with Crippen LogP contribution in [-0.2, 0) is 12.8 Å². The van der Waals surface area contributed by atoms with Crippen LogP contribution in [0, 0.1) is 0 Å². The lowest BCUT2D eigenvalue weighted by Crippen LogP contribution is -2.26. The maximum atomic E-state index is 6.19. The van der Waals surface area contributed by atoms with Gasteiger partial charge in [-0.15, -0.1) is 0 Å². The van der Waals surface area contributed by atoms with Crippen molar-refractivity contribution in [2.45, 2.75) is 31.8 Å². The Kier molecular flexibility index (Phi) is 3.22. The fraction of sp³-hybridized carbons (Fsp3) is 0.357. The van der Waals surface area contributed by atoms with Gasteiger partial charge in [-0.3, -0.25) is 0 Å². The predicted octanol–water partition coefficient (Wildman–Crippen LogP) is 3.03. The number of hydrogen-bond donors (Lipinski definition) is 1. The summed E-state index contributed by atoms with van der Waals surface area (Å²) in [5, 5.41) is 0. The van der Waals surface area contributed by atoms with Crippen molar-refractivity contribution in [3.05, 3.63) is 52.0 Å². The summed E-state index contributed by atoms with van der Waals surface area (Å²) >= 11 is 3.58. The number of fused-ring (bicyclic) bond motifs is 1. The Morgan fingerprint density at radius 2 is 2.22 bits per heavy atom. The predicted molar refractivity (Wildman–Crippen MR) is 75.3 cm³/mol. The molecular formula is C14H16BrN3. The Bertz CT molecular complexity index is 562. The summed E-state index contributed by atoms with van der Waals surface area (Å²) in [4.78, 5) is 4.55. The van der Waals surface area contributed by atoms with E-state index in [4.69, 9.17) is 5.73 Å². The molecule has 2 heterocycles. The fourth-order valence-electron chi connectivity index (χ4n) is 2.59. The van der Waals surface area contributed by atoms with E-state index >= 15 is 0 Å². The molecule has 2 N–H and O–H groups in total. The van der Waals surface area contributed by atoms with E-state index in [9.17, 15) is 0 Å². The van der Waals surface area contributed by atoms with Crippen molar-refractivity contribution >= 4 is 15.9 Å². The average molecular weight is 306 g/mol. The smallest absolute Gasteiger partial charge is 0.114 e. The molecule has 94 valence electrons. The molecule has 0 amide bonds. The minimum absolute atomic E-state index is 0.0914. The van der Waals surface area contributed by atoms with Crippen LogP contribution in [0.5, 0.6) is 0 Å². The van der Waals surface area contributed by atoms with E-state index in [0.29, 0.717) is 0 Å². The van der Waals surface area contributed by atoms with Gasteiger partial charge in [0.15, 0.2) is 0 Å². The average Bonchev–Trinajstić information content (AvgIpc) is 2.77. The van der Waals surface area contributed by atoms with Crippen LogP contribution in [0.25, 0.3) is 0 Å². The quantitative estimate of drug-likeness (QED) is 0.927. The Morgan fingerprint density at radius 3 is 3.06 bits per heavy atom. The summed E-state index contributed by atoms with van der Waals surface area (Å²) in [6.45, 7) is 0. The number of hydrogen-bond acceptors (Lipinski definition) is 2. The lowest BCUT2D eigenvalue weighted by molar-refractivity contribution is 0.403. The zero-order chi connectivity index (χ0) is 12.5. The highest BCUT2D eigenvalue weighted by atomic mass is 79.9. The zero-order valence-corrected chi connectivity index (χ0v) is 11.7. The highest BCUT2D eigenvalue weighted by Gasteiger charge is 2.20. The second-order valence-corrected chi connectivity index (χ2v) is 5.62. The number of benzene rings is 1. The maximum absolute atomic E-state index is 6.19. The normalized spacial score (nSPS) is 18.7. The molecule has 18 heavy (non-hydrogen) atoms. The summed E-state index contributed by atoms with van der Waals surface area (Å²) in [7, 11) is 0. The largest absolute Gasteiger partial charge is 0.316 e. The summed E-state index contributed by atoms with van der Waals surface area (Å²) in [5.41, 5.74) is 8.72. The van der Waals surface area contributed by atoms with Crippen molar-refractivity contribution in [2.24, 2.45) is 5.73 Å². The molecule has 1 aromatic carbocycles. The van der Waals surface area contributed by atoms with E-state index in [1.54, 1.807) is 0 Å². The van der Waals surface area contributed by atoms with Gasteiger partial charge in [-0.1, -0.05) is 34.1 Å². The molecule has 1 unspecified atom stereocenters. The van der Waals surface area contributed by atoms with Crippen molar-refractivity contribution in [1.82, 2.24) is 9.55 Å². The SMILES string of the molecule is NC1CCCc2cnc(Cc3ccccc3Br)n21. The molecule has 0 radical (unpaired) electrons. The third-order valence-electron chi connectivity index (χ3n) is 3.52. The van der Waals surface area contributed by atoms with Gasteiger partial charge < -0.3 is 10.3 Å². The van der Waals surface area contributed by atoms with Gasteiger partial charge in [0, 0.05) is 22.8 Å². The molecule has 0 fully saturated rings. The van der Waals surface area contributed by atoms with Crippen molar-refractivity contribution in [2.75, 3.05) is 0 Å². The number of aromatic nitrogens is 2. The molecule has 0 saturated carbocycles. The van der Waals surface area contributed by atoms with Gasteiger partial charge in [-0.25, -0.2) is 4.98 Å². The van der Waals surface area contributed by atoms with Crippen LogP contribution in [0.15, 0.2) is 34.9 Å². The highest BCUT2D eigenvalue weighted by Crippen LogP contribution is 2.25. The van der Waals surface area contributed by atoms with Crippen LogP contribution in [-0.4, -0.2) is 9.55 Å². The second-order valence-electron chi connectivity index (χ2n) is 4.76. The van der Waals surface area contributed by atoms with E-state index in [1.807, 2.05) is 12.3 Å². The first-order chi connectivity index (χ1) is 8.75. The van der Waals surface area contributed by atoms with Gasteiger partial charge in [0.1, 0.15) is 5.82 Å². The fourth-order valence-corrected chi connectivity index (χ4v) is 3.02. The third kappa shape index (κ3) is 2.10. The molecule has 1 atom stereocenters. The van der Waals surface area contributed by atoms with Gasteiger partial charge in [0.25, 0.3) is 0 Å². The molecule has 1 aliphatic heterocycles. The number of imidazole rings is 1. The minimum Gasteiger partial charge on any atom is -0.316 e. The monoisotopic (exact) mass is 305 g/mol. The summed E-state index contributed by atoms with van der Waals surface area (Å²) in [5.74, 6) is 1.07. The van der Waals surface area contributed by atoms with Crippen molar-refractivity contribution in [3.8, 4) is 0 Å². The van der Waals surface area contributed by atoms with Gasteiger partial charge in [0.05, 0.1) is 6.17 Å². The maximum Gasteiger partial charge on any atom is 0.114 e. The lowest BCUT2D eigenvalue weighted by atomic mass is 10.1. The van der Waals surface area contributed by atoms with Crippen molar-refractivity contribution in [3.63, 3.8) is 0 Å². The van der Waals surface area contributed by atoms with E-state index in [2.05, 4.69) is 43.7 Å². The van der Waals surface area contributed by atoms with Crippen molar-refractivity contribution < 1.29 is 0 Å². The van der Waals surface area contributed by atoms with Crippen LogP contribution >= 0.6 is 15.9 Å². The summed E-state index contributed by atoms with van der Waals surface area (Å²) in [6.07, 6.45) is 6.21. The molecule has 0 saturated heterocycles. The number of halogens is 1. The molecule has 2 aromatic rings. The molecule has 1 aromatic heterocycles. The third-order valence-corrected chi connectivity index (χ3v) is 4.29. The standard InChI is InChI=1S/C14H16BrN3/c15-12-6-2-1-4-10(12)8-14-17-9-11-5-3-7-13(16)18(11)14/h1-2,4,6,9,13H,3,5,7-8,16H2. The second kappa shape index (κ2) is 4.86. The summed E-state index contributed by atoms with van der Waals surface area (Å²) in [6, 6.07) is 8.27. The van der Waals surface area contributed by atoms with Crippen LogP contribution < -0.4 is 5.73 Å². The van der Waals surface area contributed by atoms with Crippen LogP contribution in [0.2, 0.25) is 0 Å². The molecular weight excluding hydrogens is 290 g/mol. The zero-order valence-electron chi connectivity index (χ0n) is 10.1. The Morgan fingerprint density at radius 1 is 1.39 bits per heavy atom. The first kappa shape index (κ1) is 11.9. The van der Waals surface area contributed by atoms with Gasteiger partial charge >= 0.3 is 0 Å². The highest BCUT2D eigenvalue weighted by molar-refractivity contribution is 9.10. The minimum atomic E-state index is 0.0914. The number of nitrogens with two attached hydrogens (primary N) is 1. The first-order valence-electron chi connectivity index (χ1n) is 6.29. The molecule has 0 spiro atoms. The van der Waals surface area contributed by atoms with E-state index in [-0.39, 0.29) is 6.17 Å². The lowest BCUT2D eigenvalue weighted by Gasteiger charge is -2.24. The van der Waals surface area contributed by atoms with Gasteiger partial charge in [-0.2, -0.15) is 0 Å². The number of aryl methyl sites for hydroxylation is 1. The van der Waals surface area contributed by atoms with E-state index < -0.39 is 0 Å². The van der Waals surface area contributed by atoms with E-state index in [1.165, 1.54) is 17.7 Å². The van der Waals surface area contributed by atoms with Crippen LogP contribution in [0.4, 0.5) is 0 Å². The Balaban J connectivity index is 1.95. The van der Waals surface area contributed by atoms with Crippen LogP contribution in [0.3, 0.4) is 0 Å². The Labute approximate surface area is 115 Å². The van der Waals surface area contributed by atoms with Gasteiger partial charge in [-0.05, 0) is 30.9 Å². The van der Waals surface area contributed by atoms with E-state index in [0.717, 1.165) is 29.6 Å². The topological polar surface area (TPSA) is 43.8 Å².